The first-order chi connectivity index (χ1) is 10.9. The molecule has 0 fully saturated rings. The van der Waals surface area contributed by atoms with Gasteiger partial charge in [0.15, 0.2) is 0 Å². The first-order valence-electron chi connectivity index (χ1n) is 7.54. The Balaban J connectivity index is 2.10. The highest BCUT2D eigenvalue weighted by Crippen LogP contribution is 2.38. The van der Waals surface area contributed by atoms with Gasteiger partial charge in [-0.3, -0.25) is 4.98 Å². The molecule has 0 saturated carbocycles. The molecule has 2 nitrogen and oxygen atoms in total. The Hall–Kier alpha value is -1.52. The summed E-state index contributed by atoms with van der Waals surface area (Å²) in [5.74, 6) is 0. The summed E-state index contributed by atoms with van der Waals surface area (Å²) in [5, 5.41) is 1.04. The van der Waals surface area contributed by atoms with Crippen molar-refractivity contribution in [1.82, 2.24) is 9.97 Å². The summed E-state index contributed by atoms with van der Waals surface area (Å²) in [7, 11) is 0. The van der Waals surface area contributed by atoms with Gasteiger partial charge in [-0.25, -0.2) is 4.98 Å². The van der Waals surface area contributed by atoms with E-state index in [-0.39, 0.29) is 5.41 Å². The topological polar surface area (TPSA) is 25.8 Å². The molecule has 0 bridgehead atoms. The van der Waals surface area contributed by atoms with Gasteiger partial charge in [-0.2, -0.15) is 0 Å². The average Bonchev–Trinajstić information content (AvgIpc) is 2.89. The van der Waals surface area contributed by atoms with E-state index in [1.54, 1.807) is 11.3 Å². The van der Waals surface area contributed by atoms with Crippen LogP contribution in [-0.4, -0.2) is 9.97 Å². The highest BCUT2D eigenvalue weighted by Gasteiger charge is 2.21. The zero-order valence-electron chi connectivity index (χ0n) is 13.7. The number of benzene rings is 1. The lowest BCUT2D eigenvalue weighted by atomic mass is 9.85. The molecule has 0 aliphatic heterocycles. The Kier molecular flexibility index (Phi) is 4.39. The highest BCUT2D eigenvalue weighted by atomic mass is 79.9. The molecule has 3 aromatic rings. The summed E-state index contributed by atoms with van der Waals surface area (Å²) < 4.78 is 1.08. The van der Waals surface area contributed by atoms with Crippen LogP contribution in [0.2, 0.25) is 0 Å². The number of nitrogens with zero attached hydrogens (tertiary/aromatic N) is 2. The van der Waals surface area contributed by atoms with Crippen molar-refractivity contribution < 1.29 is 0 Å². The van der Waals surface area contributed by atoms with E-state index in [0.29, 0.717) is 0 Å². The molecule has 0 amide bonds. The predicted molar refractivity (Wildman–Crippen MR) is 102 cm³/mol. The third-order valence-electron chi connectivity index (χ3n) is 3.77. The molecule has 118 valence electrons. The Morgan fingerprint density at radius 3 is 2.39 bits per heavy atom. The van der Waals surface area contributed by atoms with Gasteiger partial charge >= 0.3 is 0 Å². The van der Waals surface area contributed by atoms with Gasteiger partial charge < -0.3 is 0 Å². The van der Waals surface area contributed by atoms with Crippen molar-refractivity contribution in [3.8, 4) is 21.8 Å². The van der Waals surface area contributed by atoms with Crippen LogP contribution in [0, 0.1) is 6.92 Å². The number of thiazole rings is 1. The van der Waals surface area contributed by atoms with Gasteiger partial charge in [0.05, 0.1) is 5.69 Å². The summed E-state index contributed by atoms with van der Waals surface area (Å²) >= 11 is 5.22. The van der Waals surface area contributed by atoms with Crippen LogP contribution in [0.3, 0.4) is 0 Å². The Labute approximate surface area is 149 Å². The molecule has 2 aromatic heterocycles. The van der Waals surface area contributed by atoms with Crippen LogP contribution in [0.15, 0.2) is 47.2 Å². The number of aryl methyl sites for hydroxylation is 1. The molecule has 0 aliphatic rings. The third kappa shape index (κ3) is 3.38. The fourth-order valence-corrected chi connectivity index (χ4v) is 3.83. The van der Waals surface area contributed by atoms with E-state index >= 15 is 0 Å². The van der Waals surface area contributed by atoms with Crippen LogP contribution >= 0.6 is 27.3 Å². The van der Waals surface area contributed by atoms with E-state index < -0.39 is 0 Å². The maximum Gasteiger partial charge on any atom is 0.126 e. The minimum Gasteiger partial charge on any atom is -0.264 e. The lowest BCUT2D eigenvalue weighted by Crippen LogP contribution is -2.12. The lowest BCUT2D eigenvalue weighted by Gasteiger charge is -2.21. The van der Waals surface area contributed by atoms with E-state index in [0.717, 1.165) is 26.3 Å². The van der Waals surface area contributed by atoms with Gasteiger partial charge in [-0.1, -0.05) is 48.8 Å². The van der Waals surface area contributed by atoms with Gasteiger partial charge in [-0.05, 0) is 36.1 Å². The van der Waals surface area contributed by atoms with Gasteiger partial charge in [0, 0.05) is 32.9 Å². The van der Waals surface area contributed by atoms with Gasteiger partial charge in [0.1, 0.15) is 5.01 Å². The first-order valence-corrected chi connectivity index (χ1v) is 9.15. The number of aromatic nitrogens is 2. The SMILES string of the molecule is Cc1sc(-c2cnccc2C(C)(C)C)nc1-c1ccc(Br)cc1. The molecule has 0 atom stereocenters. The fourth-order valence-electron chi connectivity index (χ4n) is 2.61. The van der Waals surface area contributed by atoms with Crippen molar-refractivity contribution >= 4 is 27.3 Å². The molecular formula is C19H19BrN2S. The lowest BCUT2D eigenvalue weighted by molar-refractivity contribution is 0.591. The quantitative estimate of drug-likeness (QED) is 0.520. The monoisotopic (exact) mass is 386 g/mol. The summed E-state index contributed by atoms with van der Waals surface area (Å²) in [5.41, 5.74) is 4.69. The van der Waals surface area contributed by atoms with E-state index in [4.69, 9.17) is 4.98 Å². The Morgan fingerprint density at radius 1 is 1.04 bits per heavy atom. The van der Waals surface area contributed by atoms with E-state index in [2.05, 4.69) is 78.9 Å². The van der Waals surface area contributed by atoms with Crippen molar-refractivity contribution in [3.63, 3.8) is 0 Å². The standard InChI is InChI=1S/C19H19BrN2S/c1-12-17(13-5-7-14(20)8-6-13)22-18(23-12)15-11-21-10-9-16(15)19(2,3)4/h5-11H,1-4H3. The molecule has 2 heterocycles. The molecule has 1 aromatic carbocycles. The number of hydrogen-bond acceptors (Lipinski definition) is 3. The second kappa shape index (κ2) is 6.17. The van der Waals surface area contributed by atoms with Crippen molar-refractivity contribution in [1.29, 1.82) is 0 Å². The molecule has 23 heavy (non-hydrogen) atoms. The van der Waals surface area contributed by atoms with Gasteiger partial charge in [-0.15, -0.1) is 11.3 Å². The fraction of sp³-hybridized carbons (Fsp3) is 0.263. The van der Waals surface area contributed by atoms with Gasteiger partial charge in [0.25, 0.3) is 0 Å². The molecule has 4 heteroatoms. The smallest absolute Gasteiger partial charge is 0.126 e. The maximum atomic E-state index is 4.92. The van der Waals surface area contributed by atoms with Crippen molar-refractivity contribution in [2.75, 3.05) is 0 Å². The van der Waals surface area contributed by atoms with Crippen molar-refractivity contribution in [2.45, 2.75) is 33.1 Å². The second-order valence-corrected chi connectivity index (χ2v) is 8.72. The van der Waals surface area contributed by atoms with Crippen LogP contribution in [0.25, 0.3) is 21.8 Å². The molecule has 0 unspecified atom stereocenters. The number of halogens is 1. The largest absolute Gasteiger partial charge is 0.264 e. The molecule has 0 N–H and O–H groups in total. The molecular weight excluding hydrogens is 368 g/mol. The van der Waals surface area contributed by atoms with Gasteiger partial charge in [0.2, 0.25) is 0 Å². The maximum absolute atomic E-state index is 4.92. The first kappa shape index (κ1) is 16.3. The van der Waals surface area contributed by atoms with Crippen molar-refractivity contribution in [3.05, 3.63) is 57.6 Å². The Morgan fingerprint density at radius 2 is 1.74 bits per heavy atom. The second-order valence-electron chi connectivity index (χ2n) is 6.60. The summed E-state index contributed by atoms with van der Waals surface area (Å²) in [6.07, 6.45) is 3.80. The zero-order chi connectivity index (χ0) is 16.6. The molecule has 0 spiro atoms. The van der Waals surface area contributed by atoms with Crippen LogP contribution in [0.1, 0.15) is 31.2 Å². The third-order valence-corrected chi connectivity index (χ3v) is 5.31. The minimum atomic E-state index is 0.0651. The molecule has 0 aliphatic carbocycles. The average molecular weight is 387 g/mol. The van der Waals surface area contributed by atoms with E-state index in [1.807, 2.05) is 12.4 Å². The van der Waals surface area contributed by atoms with Crippen LogP contribution in [0.5, 0.6) is 0 Å². The van der Waals surface area contributed by atoms with Crippen LogP contribution in [-0.2, 0) is 5.41 Å². The Bertz CT molecular complexity index is 829. The normalized spacial score (nSPS) is 11.7. The molecule has 0 saturated heterocycles. The van der Waals surface area contributed by atoms with Crippen LogP contribution in [0.4, 0.5) is 0 Å². The van der Waals surface area contributed by atoms with E-state index in [9.17, 15) is 0 Å². The molecule has 0 radical (unpaired) electrons. The van der Waals surface area contributed by atoms with E-state index in [1.165, 1.54) is 10.4 Å². The number of rotatable bonds is 2. The highest BCUT2D eigenvalue weighted by molar-refractivity contribution is 9.10. The number of hydrogen-bond donors (Lipinski definition) is 0. The summed E-state index contributed by atoms with van der Waals surface area (Å²) in [6, 6.07) is 10.4. The zero-order valence-corrected chi connectivity index (χ0v) is 16.1. The van der Waals surface area contributed by atoms with Crippen molar-refractivity contribution in [2.24, 2.45) is 0 Å². The summed E-state index contributed by atoms with van der Waals surface area (Å²) in [4.78, 5) is 10.5. The number of pyridine rings is 1. The predicted octanol–water partition coefficient (Wildman–Crippen LogP) is 6.24. The minimum absolute atomic E-state index is 0.0651. The van der Waals surface area contributed by atoms with Crippen LogP contribution < -0.4 is 0 Å². The summed E-state index contributed by atoms with van der Waals surface area (Å²) in [6.45, 7) is 8.80. The molecule has 3 rings (SSSR count).